The summed E-state index contributed by atoms with van der Waals surface area (Å²) >= 11 is 0. The first-order chi connectivity index (χ1) is 8.03. The number of hydrogen-bond acceptors (Lipinski definition) is 4. The lowest BCUT2D eigenvalue weighted by Gasteiger charge is -2.24. The standard InChI is InChI=1S/C11H13NO4S/c12-17(13,14)9-3-1-2-8-4-5-11(10(8)9)15-6-7-16-11/h1-3H,4-7H2,(H2,12,13,14). The van der Waals surface area contributed by atoms with Crippen LogP contribution in [0.4, 0.5) is 0 Å². The lowest BCUT2D eigenvalue weighted by molar-refractivity contribution is -0.164. The highest BCUT2D eigenvalue weighted by Gasteiger charge is 2.47. The van der Waals surface area contributed by atoms with Crippen molar-refractivity contribution in [1.82, 2.24) is 0 Å². The number of hydrogen-bond donors (Lipinski definition) is 1. The summed E-state index contributed by atoms with van der Waals surface area (Å²) in [5, 5.41) is 5.24. The van der Waals surface area contributed by atoms with Crippen molar-refractivity contribution in [3.63, 3.8) is 0 Å². The fourth-order valence-corrected chi connectivity index (χ4v) is 3.46. The van der Waals surface area contributed by atoms with Crippen LogP contribution >= 0.6 is 0 Å². The third-order valence-electron chi connectivity index (χ3n) is 3.28. The van der Waals surface area contributed by atoms with Crippen molar-refractivity contribution >= 4 is 10.0 Å². The van der Waals surface area contributed by atoms with Gasteiger partial charge >= 0.3 is 0 Å². The zero-order valence-electron chi connectivity index (χ0n) is 9.18. The van der Waals surface area contributed by atoms with E-state index in [1.165, 1.54) is 6.07 Å². The smallest absolute Gasteiger partial charge is 0.238 e. The Morgan fingerprint density at radius 1 is 1.24 bits per heavy atom. The molecule has 0 radical (unpaired) electrons. The van der Waals surface area contributed by atoms with E-state index in [9.17, 15) is 8.42 Å². The number of primary sulfonamides is 1. The van der Waals surface area contributed by atoms with Crippen molar-refractivity contribution < 1.29 is 17.9 Å². The Morgan fingerprint density at radius 2 is 1.94 bits per heavy atom. The van der Waals surface area contributed by atoms with Crippen LogP contribution in [0.15, 0.2) is 23.1 Å². The number of nitrogens with two attached hydrogens (primary N) is 1. The average Bonchev–Trinajstić information content (AvgIpc) is 2.87. The number of fused-ring (bicyclic) bond motifs is 2. The van der Waals surface area contributed by atoms with Gasteiger partial charge in [-0.2, -0.15) is 0 Å². The Morgan fingerprint density at radius 3 is 2.59 bits per heavy atom. The molecule has 1 aromatic rings. The quantitative estimate of drug-likeness (QED) is 0.791. The van der Waals surface area contributed by atoms with Crippen molar-refractivity contribution in [3.05, 3.63) is 29.3 Å². The predicted octanol–water partition coefficient (Wildman–Crippen LogP) is 0.480. The molecule has 5 nitrogen and oxygen atoms in total. The van der Waals surface area contributed by atoms with Crippen LogP contribution in [0.2, 0.25) is 0 Å². The van der Waals surface area contributed by atoms with Crippen LogP contribution in [-0.2, 0) is 31.7 Å². The fourth-order valence-electron chi connectivity index (χ4n) is 2.62. The molecule has 2 aliphatic rings. The lowest BCUT2D eigenvalue weighted by atomic mass is 10.1. The molecular formula is C11H13NO4S. The van der Waals surface area contributed by atoms with E-state index in [4.69, 9.17) is 14.6 Å². The van der Waals surface area contributed by atoms with Gasteiger partial charge in [0.05, 0.1) is 18.1 Å². The summed E-state index contributed by atoms with van der Waals surface area (Å²) in [6, 6.07) is 5.10. The average molecular weight is 255 g/mol. The third-order valence-corrected chi connectivity index (χ3v) is 4.23. The molecule has 0 atom stereocenters. The van der Waals surface area contributed by atoms with Crippen LogP contribution in [-0.4, -0.2) is 21.6 Å². The molecule has 6 heteroatoms. The molecule has 0 saturated carbocycles. The maximum absolute atomic E-state index is 11.6. The molecule has 0 amide bonds. The van der Waals surface area contributed by atoms with Crippen LogP contribution in [0.25, 0.3) is 0 Å². The molecule has 1 heterocycles. The zero-order chi connectivity index (χ0) is 12.1. The number of benzene rings is 1. The molecule has 1 spiro atoms. The van der Waals surface area contributed by atoms with E-state index in [1.807, 2.05) is 6.07 Å². The summed E-state index contributed by atoms with van der Waals surface area (Å²) < 4.78 is 34.4. The number of ether oxygens (including phenoxy) is 2. The Kier molecular flexibility index (Phi) is 2.31. The van der Waals surface area contributed by atoms with Gasteiger partial charge in [0, 0.05) is 12.0 Å². The van der Waals surface area contributed by atoms with Gasteiger partial charge in [-0.15, -0.1) is 0 Å². The van der Waals surface area contributed by atoms with E-state index in [-0.39, 0.29) is 4.90 Å². The minimum absolute atomic E-state index is 0.120. The summed E-state index contributed by atoms with van der Waals surface area (Å²) in [5.74, 6) is -0.891. The van der Waals surface area contributed by atoms with Crippen LogP contribution < -0.4 is 5.14 Å². The van der Waals surface area contributed by atoms with E-state index in [1.54, 1.807) is 6.07 Å². The van der Waals surface area contributed by atoms with E-state index in [2.05, 4.69) is 0 Å². The second-order valence-corrected chi connectivity index (χ2v) is 5.81. The van der Waals surface area contributed by atoms with Gasteiger partial charge in [-0.05, 0) is 18.1 Å². The molecule has 92 valence electrons. The molecule has 3 rings (SSSR count). The molecule has 1 fully saturated rings. The molecule has 1 aliphatic carbocycles. The molecule has 17 heavy (non-hydrogen) atoms. The molecular weight excluding hydrogens is 242 g/mol. The first-order valence-electron chi connectivity index (χ1n) is 5.46. The van der Waals surface area contributed by atoms with Crippen molar-refractivity contribution in [2.45, 2.75) is 23.5 Å². The normalized spacial score (nSPS) is 21.9. The summed E-state index contributed by atoms with van der Waals surface area (Å²) in [4.78, 5) is 0.120. The topological polar surface area (TPSA) is 78.6 Å². The van der Waals surface area contributed by atoms with Crippen LogP contribution in [0, 0.1) is 0 Å². The van der Waals surface area contributed by atoms with Gasteiger partial charge in [0.2, 0.25) is 10.0 Å². The van der Waals surface area contributed by atoms with E-state index < -0.39 is 15.8 Å². The highest BCUT2D eigenvalue weighted by Crippen LogP contribution is 2.45. The highest BCUT2D eigenvalue weighted by atomic mass is 32.2. The number of aryl methyl sites for hydroxylation is 1. The van der Waals surface area contributed by atoms with Crippen LogP contribution in [0.1, 0.15) is 17.5 Å². The lowest BCUT2D eigenvalue weighted by Crippen LogP contribution is -2.27. The second kappa shape index (κ2) is 3.52. The highest BCUT2D eigenvalue weighted by molar-refractivity contribution is 7.89. The Hall–Kier alpha value is -0.950. The molecule has 2 N–H and O–H groups in total. The summed E-state index contributed by atoms with van der Waals surface area (Å²) in [6.07, 6.45) is 1.40. The number of sulfonamides is 1. The molecule has 0 bridgehead atoms. The second-order valence-electron chi connectivity index (χ2n) is 4.29. The Balaban J connectivity index is 2.25. The van der Waals surface area contributed by atoms with Gasteiger partial charge in [0.1, 0.15) is 0 Å². The minimum atomic E-state index is -3.75. The molecule has 0 unspecified atom stereocenters. The van der Waals surface area contributed by atoms with Gasteiger partial charge in [0.15, 0.2) is 5.79 Å². The van der Waals surface area contributed by atoms with Crippen molar-refractivity contribution in [1.29, 1.82) is 0 Å². The van der Waals surface area contributed by atoms with E-state index >= 15 is 0 Å². The first-order valence-corrected chi connectivity index (χ1v) is 7.01. The predicted molar refractivity (Wildman–Crippen MR) is 59.7 cm³/mol. The van der Waals surface area contributed by atoms with E-state index in [0.29, 0.717) is 25.2 Å². The van der Waals surface area contributed by atoms with Crippen molar-refractivity contribution in [3.8, 4) is 0 Å². The summed E-state index contributed by atoms with van der Waals surface area (Å²) in [7, 11) is -3.75. The molecule has 1 aliphatic heterocycles. The number of rotatable bonds is 1. The van der Waals surface area contributed by atoms with Gasteiger partial charge in [-0.3, -0.25) is 0 Å². The summed E-state index contributed by atoms with van der Waals surface area (Å²) in [6.45, 7) is 0.969. The molecule has 1 aromatic carbocycles. The largest absolute Gasteiger partial charge is 0.343 e. The maximum Gasteiger partial charge on any atom is 0.238 e. The molecule has 0 aromatic heterocycles. The minimum Gasteiger partial charge on any atom is -0.343 e. The van der Waals surface area contributed by atoms with Gasteiger partial charge in [-0.1, -0.05) is 12.1 Å². The van der Waals surface area contributed by atoms with Gasteiger partial charge < -0.3 is 9.47 Å². The molecule has 1 saturated heterocycles. The Bertz CT molecular complexity index is 561. The zero-order valence-corrected chi connectivity index (χ0v) is 10.00. The van der Waals surface area contributed by atoms with Crippen molar-refractivity contribution in [2.24, 2.45) is 5.14 Å². The SMILES string of the molecule is NS(=O)(=O)c1cccc2c1C1(CC2)OCCO1. The van der Waals surface area contributed by atoms with E-state index in [0.717, 1.165) is 12.0 Å². The van der Waals surface area contributed by atoms with Gasteiger partial charge in [-0.25, -0.2) is 13.6 Å². The summed E-state index contributed by atoms with van der Waals surface area (Å²) in [5.41, 5.74) is 1.54. The Labute approximate surface area is 99.6 Å². The maximum atomic E-state index is 11.6. The van der Waals surface area contributed by atoms with Crippen LogP contribution in [0.3, 0.4) is 0 Å². The third kappa shape index (κ3) is 1.60. The van der Waals surface area contributed by atoms with Crippen LogP contribution in [0.5, 0.6) is 0 Å². The monoisotopic (exact) mass is 255 g/mol. The fraction of sp³-hybridized carbons (Fsp3) is 0.455. The van der Waals surface area contributed by atoms with Crippen molar-refractivity contribution in [2.75, 3.05) is 13.2 Å². The van der Waals surface area contributed by atoms with Gasteiger partial charge in [0.25, 0.3) is 0 Å². The first kappa shape index (κ1) is 11.2.